The Labute approximate surface area is 74.5 Å². The van der Waals surface area contributed by atoms with Crippen molar-refractivity contribution in [3.8, 4) is 0 Å². The number of hydrogen-bond donors (Lipinski definition) is 0. The fraction of sp³-hybridized carbons (Fsp3) is 0.111. The van der Waals surface area contributed by atoms with Gasteiger partial charge in [0.2, 0.25) is 0 Å². The summed E-state index contributed by atoms with van der Waals surface area (Å²) < 4.78 is 9.75. The van der Waals surface area contributed by atoms with E-state index in [2.05, 4.69) is 4.99 Å². The summed E-state index contributed by atoms with van der Waals surface area (Å²) in [5, 5.41) is 0. The fourth-order valence-corrected chi connectivity index (χ4v) is 1.02. The lowest BCUT2D eigenvalue weighted by Gasteiger charge is -1.87. The summed E-state index contributed by atoms with van der Waals surface area (Å²) in [7, 11) is 0. The molecule has 0 aromatic carbocycles. The van der Waals surface area contributed by atoms with E-state index < -0.39 is 5.97 Å². The minimum Gasteiger partial charge on any atom is -0.465 e. The molecule has 0 bridgehead atoms. The Morgan fingerprint density at radius 1 is 1.54 bits per heavy atom. The third-order valence-corrected chi connectivity index (χ3v) is 1.55. The van der Waals surface area contributed by atoms with Crippen molar-refractivity contribution < 1.29 is 13.9 Å². The van der Waals surface area contributed by atoms with Crippen molar-refractivity contribution in [2.75, 3.05) is 0 Å². The van der Waals surface area contributed by atoms with Crippen LogP contribution in [-0.2, 0) is 9.53 Å². The highest BCUT2D eigenvalue weighted by Crippen LogP contribution is 2.15. The summed E-state index contributed by atoms with van der Waals surface area (Å²) >= 11 is 0. The van der Waals surface area contributed by atoms with Gasteiger partial charge in [0, 0.05) is 13.0 Å². The van der Waals surface area contributed by atoms with Crippen LogP contribution in [0.15, 0.2) is 33.5 Å². The molecule has 1 aromatic heterocycles. The van der Waals surface area contributed by atoms with Crippen molar-refractivity contribution >= 4 is 17.9 Å². The Hall–Kier alpha value is -1.84. The van der Waals surface area contributed by atoms with Gasteiger partial charge in [-0.05, 0) is 12.1 Å². The normalized spacial score (nSPS) is 19.0. The summed E-state index contributed by atoms with van der Waals surface area (Å²) in [4.78, 5) is 15.0. The molecule has 0 unspecified atom stereocenters. The fourth-order valence-electron chi connectivity index (χ4n) is 1.02. The van der Waals surface area contributed by atoms with E-state index in [1.807, 2.05) is 0 Å². The van der Waals surface area contributed by atoms with E-state index >= 15 is 0 Å². The predicted octanol–water partition coefficient (Wildman–Crippen LogP) is 1.60. The molecule has 2 heterocycles. The number of rotatable bonds is 1. The summed E-state index contributed by atoms with van der Waals surface area (Å²) in [6, 6.07) is 3.48. The standard InChI is InChI=1S/C9H7NO3/c1-6-10-8(9(11)13-6)5-7-3-2-4-12-7/h2-5H,1H3/b8-5+. The smallest absolute Gasteiger partial charge is 0.363 e. The van der Waals surface area contributed by atoms with Crippen LogP contribution in [0.1, 0.15) is 12.7 Å². The van der Waals surface area contributed by atoms with Crippen LogP contribution in [0.5, 0.6) is 0 Å². The van der Waals surface area contributed by atoms with Crippen molar-refractivity contribution in [3.63, 3.8) is 0 Å². The van der Waals surface area contributed by atoms with Crippen molar-refractivity contribution in [2.24, 2.45) is 4.99 Å². The lowest BCUT2D eigenvalue weighted by Crippen LogP contribution is -1.99. The topological polar surface area (TPSA) is 51.8 Å². The lowest BCUT2D eigenvalue weighted by atomic mass is 10.3. The number of carbonyl (C=O) groups excluding carboxylic acids is 1. The van der Waals surface area contributed by atoms with Gasteiger partial charge in [-0.15, -0.1) is 0 Å². The zero-order valence-electron chi connectivity index (χ0n) is 6.98. The van der Waals surface area contributed by atoms with Crippen molar-refractivity contribution in [3.05, 3.63) is 29.9 Å². The number of nitrogens with zero attached hydrogens (tertiary/aromatic N) is 1. The number of carbonyl (C=O) groups is 1. The van der Waals surface area contributed by atoms with E-state index in [1.165, 1.54) is 6.26 Å². The predicted molar refractivity (Wildman–Crippen MR) is 45.9 cm³/mol. The Bertz CT molecular complexity index is 387. The molecule has 0 N–H and O–H groups in total. The Balaban J connectivity index is 2.31. The Kier molecular flexibility index (Phi) is 1.73. The molecule has 4 nitrogen and oxygen atoms in total. The summed E-state index contributed by atoms with van der Waals surface area (Å²) in [5.74, 6) is 0.516. The summed E-state index contributed by atoms with van der Waals surface area (Å²) in [6.07, 6.45) is 3.07. The van der Waals surface area contributed by atoms with Gasteiger partial charge in [0.25, 0.3) is 0 Å². The second-order valence-electron chi connectivity index (χ2n) is 2.57. The molecule has 0 spiro atoms. The van der Waals surface area contributed by atoms with E-state index in [0.29, 0.717) is 11.7 Å². The van der Waals surface area contributed by atoms with Crippen molar-refractivity contribution in [2.45, 2.75) is 6.92 Å². The van der Waals surface area contributed by atoms with Gasteiger partial charge in [0.1, 0.15) is 5.76 Å². The SMILES string of the molecule is CC1=N/C(=C/c2ccco2)C(=O)O1. The van der Waals surface area contributed by atoms with Gasteiger partial charge in [-0.1, -0.05) is 0 Å². The molecule has 0 aliphatic carbocycles. The van der Waals surface area contributed by atoms with Crippen LogP contribution in [0, 0.1) is 0 Å². The van der Waals surface area contributed by atoms with Gasteiger partial charge in [-0.2, -0.15) is 0 Å². The van der Waals surface area contributed by atoms with Gasteiger partial charge in [-0.3, -0.25) is 0 Å². The van der Waals surface area contributed by atoms with E-state index in [-0.39, 0.29) is 5.70 Å². The van der Waals surface area contributed by atoms with E-state index in [4.69, 9.17) is 9.15 Å². The van der Waals surface area contributed by atoms with Gasteiger partial charge >= 0.3 is 5.97 Å². The van der Waals surface area contributed by atoms with Gasteiger partial charge < -0.3 is 9.15 Å². The van der Waals surface area contributed by atoms with Crippen LogP contribution < -0.4 is 0 Å². The van der Waals surface area contributed by atoms with Crippen LogP contribution in [0.25, 0.3) is 6.08 Å². The molecule has 0 fully saturated rings. The number of aliphatic imine (C=N–C) groups is 1. The molecule has 0 amide bonds. The maximum atomic E-state index is 11.1. The zero-order chi connectivity index (χ0) is 9.26. The van der Waals surface area contributed by atoms with Gasteiger partial charge in [0.05, 0.1) is 6.26 Å². The zero-order valence-corrected chi connectivity index (χ0v) is 6.98. The van der Waals surface area contributed by atoms with Gasteiger partial charge in [0.15, 0.2) is 11.6 Å². The monoisotopic (exact) mass is 177 g/mol. The molecule has 2 rings (SSSR count). The maximum absolute atomic E-state index is 11.1. The second-order valence-corrected chi connectivity index (χ2v) is 2.57. The van der Waals surface area contributed by atoms with E-state index in [0.717, 1.165) is 0 Å². The number of cyclic esters (lactones) is 1. The Morgan fingerprint density at radius 3 is 2.92 bits per heavy atom. The largest absolute Gasteiger partial charge is 0.465 e. The number of furan rings is 1. The highest BCUT2D eigenvalue weighted by Gasteiger charge is 2.19. The van der Waals surface area contributed by atoms with Crippen molar-refractivity contribution in [1.29, 1.82) is 0 Å². The first-order chi connectivity index (χ1) is 6.25. The third-order valence-electron chi connectivity index (χ3n) is 1.55. The first-order valence-electron chi connectivity index (χ1n) is 3.78. The molecular formula is C9H7NO3. The second kappa shape index (κ2) is 2.90. The summed E-state index contributed by atoms with van der Waals surface area (Å²) in [6.45, 7) is 1.63. The average molecular weight is 177 g/mol. The molecule has 0 atom stereocenters. The molecular weight excluding hydrogens is 170 g/mol. The number of esters is 1. The minimum absolute atomic E-state index is 0.271. The van der Waals surface area contributed by atoms with Crippen LogP contribution in [0.4, 0.5) is 0 Å². The maximum Gasteiger partial charge on any atom is 0.363 e. The molecule has 0 radical (unpaired) electrons. The first-order valence-corrected chi connectivity index (χ1v) is 3.78. The van der Waals surface area contributed by atoms with E-state index in [9.17, 15) is 4.79 Å². The minimum atomic E-state index is -0.436. The quantitative estimate of drug-likeness (QED) is 0.483. The van der Waals surface area contributed by atoms with Crippen LogP contribution in [-0.4, -0.2) is 11.9 Å². The lowest BCUT2D eigenvalue weighted by molar-refractivity contribution is -0.130. The molecule has 1 aromatic rings. The molecule has 66 valence electrons. The molecule has 1 aliphatic heterocycles. The first kappa shape index (κ1) is 7.79. The molecule has 1 aliphatic rings. The third kappa shape index (κ3) is 1.51. The van der Waals surface area contributed by atoms with Crippen LogP contribution in [0.3, 0.4) is 0 Å². The molecule has 13 heavy (non-hydrogen) atoms. The number of hydrogen-bond acceptors (Lipinski definition) is 4. The van der Waals surface area contributed by atoms with Crippen molar-refractivity contribution in [1.82, 2.24) is 0 Å². The van der Waals surface area contributed by atoms with Crippen LogP contribution >= 0.6 is 0 Å². The van der Waals surface area contributed by atoms with Gasteiger partial charge in [-0.25, -0.2) is 9.79 Å². The summed E-state index contributed by atoms with van der Waals surface area (Å²) in [5.41, 5.74) is 0.271. The highest BCUT2D eigenvalue weighted by atomic mass is 16.6. The van der Waals surface area contributed by atoms with E-state index in [1.54, 1.807) is 25.1 Å². The molecule has 4 heteroatoms. The number of ether oxygens (including phenoxy) is 1. The molecule has 0 saturated heterocycles. The van der Waals surface area contributed by atoms with Crippen LogP contribution in [0.2, 0.25) is 0 Å². The molecule has 0 saturated carbocycles. The average Bonchev–Trinajstić information content (AvgIpc) is 2.63. The Morgan fingerprint density at radius 2 is 2.38 bits per heavy atom. The highest BCUT2D eigenvalue weighted by molar-refractivity contribution is 6.06.